The van der Waals surface area contributed by atoms with Crippen LogP contribution >= 0.6 is 0 Å². The van der Waals surface area contributed by atoms with Crippen LogP contribution in [0.15, 0.2) is 18.3 Å². The van der Waals surface area contributed by atoms with E-state index in [4.69, 9.17) is 9.47 Å². The van der Waals surface area contributed by atoms with Crippen LogP contribution in [0.5, 0.6) is 5.75 Å². The lowest BCUT2D eigenvalue weighted by Crippen LogP contribution is -2.32. The average Bonchev–Trinajstić information content (AvgIpc) is 2.47. The molecule has 1 amide bonds. The van der Waals surface area contributed by atoms with E-state index in [-0.39, 0.29) is 12.0 Å². The number of hydrogen-bond donors (Lipinski definition) is 0. The summed E-state index contributed by atoms with van der Waals surface area (Å²) in [7, 11) is 3.29. The molecule has 1 aliphatic rings. The van der Waals surface area contributed by atoms with Gasteiger partial charge in [-0.05, 0) is 31.4 Å². The fourth-order valence-electron chi connectivity index (χ4n) is 2.21. The molecular weight excluding hydrogens is 244 g/mol. The summed E-state index contributed by atoms with van der Waals surface area (Å²) >= 11 is 0. The van der Waals surface area contributed by atoms with Gasteiger partial charge >= 0.3 is 0 Å². The van der Waals surface area contributed by atoms with Crippen LogP contribution in [0, 0.1) is 0 Å². The topological polar surface area (TPSA) is 51.7 Å². The average molecular weight is 264 g/mol. The first-order valence-corrected chi connectivity index (χ1v) is 6.59. The number of amides is 1. The highest BCUT2D eigenvalue weighted by Gasteiger charge is 2.22. The number of hydrogen-bond acceptors (Lipinski definition) is 4. The van der Waals surface area contributed by atoms with Gasteiger partial charge in [0, 0.05) is 19.9 Å². The molecule has 0 N–H and O–H groups in total. The number of carbonyl (C=O) groups excluding carboxylic acids is 1. The van der Waals surface area contributed by atoms with Gasteiger partial charge in [-0.25, -0.2) is 4.98 Å². The predicted molar refractivity (Wildman–Crippen MR) is 72.4 cm³/mol. The zero-order chi connectivity index (χ0) is 13.7. The molecular formula is C14H20N2O3. The molecule has 0 aliphatic carbocycles. The molecule has 0 aromatic carbocycles. The number of nitrogens with zero attached hydrogens (tertiary/aromatic N) is 2. The Hall–Kier alpha value is -1.62. The van der Waals surface area contributed by atoms with Crippen molar-refractivity contribution in [3.8, 4) is 5.75 Å². The summed E-state index contributed by atoms with van der Waals surface area (Å²) in [5.41, 5.74) is 0. The van der Waals surface area contributed by atoms with E-state index in [2.05, 4.69) is 4.98 Å². The van der Waals surface area contributed by atoms with Crippen molar-refractivity contribution in [3.05, 3.63) is 18.3 Å². The second-order valence-corrected chi connectivity index (χ2v) is 4.67. The number of carbonyl (C=O) groups is 1. The van der Waals surface area contributed by atoms with Gasteiger partial charge in [0.1, 0.15) is 0 Å². The minimum atomic E-state index is 0.00361. The number of ether oxygens (including phenoxy) is 2. The van der Waals surface area contributed by atoms with Gasteiger partial charge in [0.25, 0.3) is 0 Å². The summed E-state index contributed by atoms with van der Waals surface area (Å²) in [6.45, 7) is 0.759. The van der Waals surface area contributed by atoms with E-state index in [0.29, 0.717) is 18.0 Å². The maximum absolute atomic E-state index is 12.2. The van der Waals surface area contributed by atoms with Crippen LogP contribution in [0.3, 0.4) is 0 Å². The molecule has 1 saturated heterocycles. The maximum atomic E-state index is 12.2. The Morgan fingerprint density at radius 1 is 1.58 bits per heavy atom. The minimum absolute atomic E-state index is 0.00361. The van der Waals surface area contributed by atoms with Gasteiger partial charge in [0.15, 0.2) is 11.6 Å². The predicted octanol–water partition coefficient (Wildman–Crippen LogP) is 2.01. The number of aromatic nitrogens is 1. The van der Waals surface area contributed by atoms with Crippen LogP contribution < -0.4 is 9.64 Å². The zero-order valence-electron chi connectivity index (χ0n) is 11.5. The Morgan fingerprint density at radius 3 is 3.11 bits per heavy atom. The van der Waals surface area contributed by atoms with E-state index in [0.717, 1.165) is 25.9 Å². The van der Waals surface area contributed by atoms with Crippen LogP contribution in [0.2, 0.25) is 0 Å². The van der Waals surface area contributed by atoms with Crippen LogP contribution in [0.4, 0.5) is 5.82 Å². The number of rotatable bonds is 4. The summed E-state index contributed by atoms with van der Waals surface area (Å²) in [4.78, 5) is 18.0. The van der Waals surface area contributed by atoms with Crippen molar-refractivity contribution >= 4 is 11.7 Å². The number of pyridine rings is 1. The lowest BCUT2D eigenvalue weighted by molar-refractivity contribution is -0.122. The standard InChI is InChI=1S/C14H20N2O3/c1-16(14-12(18-2)7-5-8-15-14)13(17)10-11-6-3-4-9-19-11/h5,7-8,11H,3-4,6,9-10H2,1-2H3. The smallest absolute Gasteiger partial charge is 0.230 e. The van der Waals surface area contributed by atoms with Crippen molar-refractivity contribution < 1.29 is 14.3 Å². The Kier molecular flexibility index (Phi) is 4.74. The van der Waals surface area contributed by atoms with E-state index >= 15 is 0 Å². The lowest BCUT2D eigenvalue weighted by atomic mass is 10.1. The van der Waals surface area contributed by atoms with E-state index in [1.807, 2.05) is 0 Å². The Labute approximate surface area is 113 Å². The first-order chi connectivity index (χ1) is 9.22. The molecule has 0 saturated carbocycles. The van der Waals surface area contributed by atoms with Crippen molar-refractivity contribution in [2.24, 2.45) is 0 Å². The number of methoxy groups -OCH3 is 1. The van der Waals surface area contributed by atoms with Crippen molar-refractivity contribution in [3.63, 3.8) is 0 Å². The fourth-order valence-corrected chi connectivity index (χ4v) is 2.21. The molecule has 1 aromatic rings. The lowest BCUT2D eigenvalue weighted by Gasteiger charge is -2.25. The third-order valence-electron chi connectivity index (χ3n) is 3.34. The quantitative estimate of drug-likeness (QED) is 0.834. The second kappa shape index (κ2) is 6.52. The maximum Gasteiger partial charge on any atom is 0.230 e. The van der Waals surface area contributed by atoms with Gasteiger partial charge in [-0.15, -0.1) is 0 Å². The molecule has 2 heterocycles. The Bertz CT molecular complexity index is 430. The molecule has 0 radical (unpaired) electrons. The largest absolute Gasteiger partial charge is 0.493 e. The molecule has 5 nitrogen and oxygen atoms in total. The summed E-state index contributed by atoms with van der Waals surface area (Å²) in [6, 6.07) is 3.58. The van der Waals surface area contributed by atoms with Gasteiger partial charge < -0.3 is 9.47 Å². The van der Waals surface area contributed by atoms with Crippen molar-refractivity contribution in [1.82, 2.24) is 4.98 Å². The van der Waals surface area contributed by atoms with Crippen LogP contribution in [0.1, 0.15) is 25.7 Å². The van der Waals surface area contributed by atoms with E-state index < -0.39 is 0 Å². The highest BCUT2D eigenvalue weighted by atomic mass is 16.5. The molecule has 0 spiro atoms. The van der Waals surface area contributed by atoms with Gasteiger partial charge in [0.05, 0.1) is 19.6 Å². The summed E-state index contributed by atoms with van der Waals surface area (Å²) < 4.78 is 10.8. The van der Waals surface area contributed by atoms with Crippen molar-refractivity contribution in [1.29, 1.82) is 0 Å². The summed E-state index contributed by atoms with van der Waals surface area (Å²) in [6.07, 6.45) is 5.27. The first-order valence-electron chi connectivity index (χ1n) is 6.59. The molecule has 104 valence electrons. The molecule has 1 fully saturated rings. The third-order valence-corrected chi connectivity index (χ3v) is 3.34. The third kappa shape index (κ3) is 3.44. The van der Waals surface area contributed by atoms with Gasteiger partial charge in [-0.2, -0.15) is 0 Å². The monoisotopic (exact) mass is 264 g/mol. The van der Waals surface area contributed by atoms with E-state index in [9.17, 15) is 4.79 Å². The van der Waals surface area contributed by atoms with E-state index in [1.165, 1.54) is 4.90 Å². The minimum Gasteiger partial charge on any atom is -0.493 e. The molecule has 1 unspecified atom stereocenters. The van der Waals surface area contributed by atoms with Crippen molar-refractivity contribution in [2.45, 2.75) is 31.8 Å². The molecule has 2 rings (SSSR count). The molecule has 1 atom stereocenters. The first kappa shape index (κ1) is 13.8. The molecule has 5 heteroatoms. The summed E-state index contributed by atoms with van der Waals surface area (Å²) in [5, 5.41) is 0. The molecule has 1 aliphatic heterocycles. The molecule has 0 bridgehead atoms. The van der Waals surface area contributed by atoms with E-state index in [1.54, 1.807) is 32.5 Å². The van der Waals surface area contributed by atoms with Crippen LogP contribution in [-0.4, -0.2) is 37.8 Å². The van der Waals surface area contributed by atoms with Gasteiger partial charge in [-0.1, -0.05) is 0 Å². The number of anilines is 1. The highest BCUT2D eigenvalue weighted by Crippen LogP contribution is 2.25. The fraction of sp³-hybridized carbons (Fsp3) is 0.571. The SMILES string of the molecule is COc1cccnc1N(C)C(=O)CC1CCCCO1. The normalized spacial score (nSPS) is 18.9. The Balaban J connectivity index is 2.01. The van der Waals surface area contributed by atoms with Gasteiger partial charge in [-0.3, -0.25) is 9.69 Å². The second-order valence-electron chi connectivity index (χ2n) is 4.67. The summed E-state index contributed by atoms with van der Waals surface area (Å²) in [5.74, 6) is 1.15. The van der Waals surface area contributed by atoms with Crippen LogP contribution in [-0.2, 0) is 9.53 Å². The Morgan fingerprint density at radius 2 is 2.42 bits per heavy atom. The van der Waals surface area contributed by atoms with Crippen molar-refractivity contribution in [2.75, 3.05) is 25.7 Å². The molecule has 1 aromatic heterocycles. The molecule has 19 heavy (non-hydrogen) atoms. The highest BCUT2D eigenvalue weighted by molar-refractivity contribution is 5.93. The van der Waals surface area contributed by atoms with Gasteiger partial charge in [0.2, 0.25) is 5.91 Å². The zero-order valence-corrected chi connectivity index (χ0v) is 11.5. The van der Waals surface area contributed by atoms with Crippen LogP contribution in [0.25, 0.3) is 0 Å².